The highest BCUT2D eigenvalue weighted by molar-refractivity contribution is 5.93. The lowest BCUT2D eigenvalue weighted by molar-refractivity contribution is -0.620. The van der Waals surface area contributed by atoms with E-state index >= 15 is 0 Å². The second kappa shape index (κ2) is 5.69. The molecule has 0 fully saturated rings. The molecule has 104 valence electrons. The molecule has 1 heterocycles. The van der Waals surface area contributed by atoms with E-state index in [9.17, 15) is 4.79 Å². The summed E-state index contributed by atoms with van der Waals surface area (Å²) in [5.41, 5.74) is 2.35. The van der Waals surface area contributed by atoms with Crippen LogP contribution in [-0.4, -0.2) is 29.5 Å². The molecule has 2 aromatic rings. The van der Waals surface area contributed by atoms with Gasteiger partial charge in [0.15, 0.2) is 5.78 Å². The van der Waals surface area contributed by atoms with E-state index in [0.29, 0.717) is 5.56 Å². The zero-order chi connectivity index (χ0) is 14.7. The number of carbonyl (C=O) groups is 1. The van der Waals surface area contributed by atoms with Crippen LogP contribution < -0.4 is 10.2 Å². The monoisotopic (exact) mass is 271 g/mol. The van der Waals surface area contributed by atoms with Crippen molar-refractivity contribution in [1.29, 1.82) is 0 Å². The van der Waals surface area contributed by atoms with Gasteiger partial charge in [-0.2, -0.15) is 4.57 Å². The Labute approximate surface area is 118 Å². The van der Waals surface area contributed by atoms with Gasteiger partial charge < -0.3 is 0 Å². The molecule has 0 bridgehead atoms. The Balaban J connectivity index is 2.78. The molecule has 20 heavy (non-hydrogen) atoms. The number of benzene rings is 1. The van der Waals surface area contributed by atoms with E-state index in [0.717, 1.165) is 11.3 Å². The summed E-state index contributed by atoms with van der Waals surface area (Å²) >= 11 is 0. The predicted molar refractivity (Wildman–Crippen MR) is 76.2 cm³/mol. The van der Waals surface area contributed by atoms with E-state index in [1.54, 1.807) is 18.1 Å². The maximum Gasteiger partial charge on any atom is 0.423 e. The quantitative estimate of drug-likeness (QED) is 0.472. The van der Waals surface area contributed by atoms with Crippen LogP contribution in [0.3, 0.4) is 0 Å². The Morgan fingerprint density at radius 2 is 1.90 bits per heavy atom. The average molecular weight is 271 g/mol. The second-order valence-corrected chi connectivity index (χ2v) is 4.83. The van der Waals surface area contributed by atoms with Crippen LogP contribution in [0.25, 0.3) is 5.69 Å². The van der Waals surface area contributed by atoms with E-state index in [1.165, 1.54) is 0 Å². The molecular weight excluding hydrogens is 252 g/mol. The van der Waals surface area contributed by atoms with Crippen LogP contribution in [-0.2, 0) is 7.05 Å². The number of hydrogen-bond acceptors (Lipinski definition) is 3. The van der Waals surface area contributed by atoms with E-state index in [-0.39, 0.29) is 5.78 Å². The molecule has 0 spiro atoms. The van der Waals surface area contributed by atoms with Crippen molar-refractivity contribution in [2.45, 2.75) is 6.92 Å². The zero-order valence-electron chi connectivity index (χ0n) is 12.2. The van der Waals surface area contributed by atoms with Gasteiger partial charge in [0.25, 0.3) is 0 Å². The van der Waals surface area contributed by atoms with Crippen LogP contribution in [0.15, 0.2) is 47.8 Å². The van der Waals surface area contributed by atoms with Gasteiger partial charge >= 0.3 is 5.62 Å². The number of nitrogens with zero attached hydrogens (tertiary/aromatic N) is 4. The number of aromatic nitrogens is 2. The maximum absolute atomic E-state index is 11.6. The fourth-order valence-corrected chi connectivity index (χ4v) is 1.92. The van der Waals surface area contributed by atoms with E-state index in [2.05, 4.69) is 5.10 Å². The van der Waals surface area contributed by atoms with Crippen molar-refractivity contribution < 1.29 is 9.36 Å². The Morgan fingerprint density at radius 1 is 1.25 bits per heavy atom. The lowest BCUT2D eigenvalue weighted by Gasteiger charge is -2.07. The Morgan fingerprint density at radius 3 is 2.45 bits per heavy atom. The molecule has 5 nitrogen and oxygen atoms in total. The summed E-state index contributed by atoms with van der Waals surface area (Å²) in [5.74, 6) is 0.0293. The maximum atomic E-state index is 11.6. The molecule has 2 rings (SSSR count). The first-order valence-electron chi connectivity index (χ1n) is 6.39. The van der Waals surface area contributed by atoms with Gasteiger partial charge in [0.1, 0.15) is 5.69 Å². The van der Waals surface area contributed by atoms with Gasteiger partial charge in [-0.05, 0) is 19.1 Å². The first-order valence-corrected chi connectivity index (χ1v) is 6.39. The Bertz CT molecular complexity index is 687. The van der Waals surface area contributed by atoms with Crippen molar-refractivity contribution in [3.05, 3.63) is 53.9 Å². The lowest BCUT2D eigenvalue weighted by Crippen LogP contribution is -2.53. The minimum atomic E-state index is 0.0293. The summed E-state index contributed by atoms with van der Waals surface area (Å²) in [4.78, 5) is 11.6. The van der Waals surface area contributed by atoms with Crippen LogP contribution >= 0.6 is 0 Å². The van der Waals surface area contributed by atoms with Crippen molar-refractivity contribution in [3.8, 4) is 5.69 Å². The van der Waals surface area contributed by atoms with E-state index in [1.807, 2.05) is 66.8 Å². The molecule has 0 N–H and O–H groups in total. The summed E-state index contributed by atoms with van der Waals surface area (Å²) in [6, 6.07) is 9.85. The highest BCUT2D eigenvalue weighted by Crippen LogP contribution is 1.99. The van der Waals surface area contributed by atoms with Gasteiger partial charge in [-0.3, -0.25) is 4.79 Å². The number of Topliss-reactive ketones (excluding diaryl/α,β-unsaturated/α-hetero) is 1. The second-order valence-electron chi connectivity index (χ2n) is 4.83. The van der Waals surface area contributed by atoms with Crippen LogP contribution in [0.1, 0.15) is 17.3 Å². The standard InChI is InChI=1S/C15H19N4O/c1-12(20)13-10-18(4)15(16-17(2)3)19(11-13)14-8-6-5-7-9-14/h5-11H,1-4H3/q+1/b16-15+. The number of aryl methyl sites for hydroxylation is 1. The van der Waals surface area contributed by atoms with Crippen LogP contribution in [0, 0.1) is 0 Å². The molecule has 0 unspecified atom stereocenters. The normalized spacial score (nSPS) is 11.5. The first-order chi connectivity index (χ1) is 9.49. The molecule has 0 saturated heterocycles. The van der Waals surface area contributed by atoms with Gasteiger partial charge in [0.05, 0.1) is 25.0 Å². The largest absolute Gasteiger partial charge is 0.423 e. The average Bonchev–Trinajstić information content (AvgIpc) is 2.41. The summed E-state index contributed by atoms with van der Waals surface area (Å²) in [7, 11) is 5.62. The summed E-state index contributed by atoms with van der Waals surface area (Å²) in [5, 5.41) is 6.22. The van der Waals surface area contributed by atoms with Crippen LogP contribution in [0.4, 0.5) is 0 Å². The molecular formula is C15H19N4O+. The Kier molecular flexibility index (Phi) is 3.98. The van der Waals surface area contributed by atoms with Gasteiger partial charge in [-0.1, -0.05) is 18.2 Å². The summed E-state index contributed by atoms with van der Waals surface area (Å²) in [6.45, 7) is 1.56. The molecule has 0 aliphatic rings. The third-order valence-corrected chi connectivity index (χ3v) is 2.86. The minimum absolute atomic E-state index is 0.0293. The van der Waals surface area contributed by atoms with Crippen LogP contribution in [0.2, 0.25) is 0 Å². The molecule has 0 radical (unpaired) electrons. The number of para-hydroxylation sites is 1. The van der Waals surface area contributed by atoms with Crippen molar-refractivity contribution in [2.75, 3.05) is 14.1 Å². The third-order valence-electron chi connectivity index (χ3n) is 2.86. The fourth-order valence-electron chi connectivity index (χ4n) is 1.92. The van der Waals surface area contributed by atoms with E-state index in [4.69, 9.17) is 0 Å². The smallest absolute Gasteiger partial charge is 0.294 e. The predicted octanol–water partition coefficient (Wildman–Crippen LogP) is 0.882. The third kappa shape index (κ3) is 2.93. The van der Waals surface area contributed by atoms with Gasteiger partial charge in [-0.25, -0.2) is 9.58 Å². The van der Waals surface area contributed by atoms with Crippen molar-refractivity contribution in [3.63, 3.8) is 0 Å². The molecule has 1 aromatic heterocycles. The van der Waals surface area contributed by atoms with E-state index < -0.39 is 0 Å². The number of carbonyl (C=O) groups excluding carboxylic acids is 1. The van der Waals surface area contributed by atoms with Gasteiger partial charge in [0, 0.05) is 19.2 Å². The van der Waals surface area contributed by atoms with Gasteiger partial charge in [-0.15, -0.1) is 0 Å². The number of rotatable bonds is 3. The number of hydrogen-bond donors (Lipinski definition) is 0. The minimum Gasteiger partial charge on any atom is -0.294 e. The topological polar surface area (TPSA) is 41.5 Å². The van der Waals surface area contributed by atoms with Crippen molar-refractivity contribution in [2.24, 2.45) is 12.1 Å². The molecule has 1 aromatic carbocycles. The van der Waals surface area contributed by atoms with Gasteiger partial charge in [0.2, 0.25) is 0 Å². The van der Waals surface area contributed by atoms with Crippen LogP contribution in [0.5, 0.6) is 0 Å². The van der Waals surface area contributed by atoms with Crippen molar-refractivity contribution in [1.82, 2.24) is 9.58 Å². The fraction of sp³-hybridized carbons (Fsp3) is 0.267. The molecule has 0 aliphatic carbocycles. The highest BCUT2D eigenvalue weighted by atomic mass is 16.1. The highest BCUT2D eigenvalue weighted by Gasteiger charge is 2.13. The summed E-state index contributed by atoms with van der Waals surface area (Å²) < 4.78 is 3.76. The lowest BCUT2D eigenvalue weighted by atomic mass is 10.2. The zero-order valence-corrected chi connectivity index (χ0v) is 12.2. The molecule has 0 atom stereocenters. The molecule has 0 saturated carbocycles. The van der Waals surface area contributed by atoms with Crippen molar-refractivity contribution >= 4 is 5.78 Å². The summed E-state index contributed by atoms with van der Waals surface area (Å²) in [6.07, 6.45) is 3.62. The Hall–Kier alpha value is -2.43. The number of ketones is 1. The SMILES string of the molecule is CC(=O)c1cn(C)/c(=N\N(C)C)[n+](-c2ccccc2)c1. The molecule has 0 amide bonds. The molecule has 0 aliphatic heterocycles. The first kappa shape index (κ1) is 14.0. The molecule has 5 heteroatoms.